The number of carbonyl (C=O) groups excluding carboxylic acids is 1. The van der Waals surface area contributed by atoms with E-state index in [0.717, 1.165) is 16.3 Å². The van der Waals surface area contributed by atoms with Crippen molar-refractivity contribution in [3.63, 3.8) is 0 Å². The SMILES string of the molecule is Cc1cccc(C(C)C)c1NC(=O)CSc1ccccn1. The van der Waals surface area contributed by atoms with Crippen LogP contribution < -0.4 is 5.32 Å². The maximum atomic E-state index is 12.2. The van der Waals surface area contributed by atoms with Crippen molar-refractivity contribution in [1.29, 1.82) is 0 Å². The number of hydrogen-bond donors (Lipinski definition) is 1. The molecule has 1 amide bonds. The fraction of sp³-hybridized carbons (Fsp3) is 0.294. The molecular formula is C17H20N2OS. The first-order valence-electron chi connectivity index (χ1n) is 7.01. The van der Waals surface area contributed by atoms with Gasteiger partial charge in [-0.25, -0.2) is 4.98 Å². The van der Waals surface area contributed by atoms with Crippen LogP contribution in [0.2, 0.25) is 0 Å². The Morgan fingerprint density at radius 3 is 2.71 bits per heavy atom. The molecule has 0 saturated heterocycles. The summed E-state index contributed by atoms with van der Waals surface area (Å²) in [4.78, 5) is 16.4. The van der Waals surface area contributed by atoms with Crippen molar-refractivity contribution in [2.24, 2.45) is 0 Å². The van der Waals surface area contributed by atoms with Gasteiger partial charge in [-0.3, -0.25) is 4.79 Å². The second-order valence-corrected chi connectivity index (χ2v) is 6.19. The van der Waals surface area contributed by atoms with Gasteiger partial charge in [-0.2, -0.15) is 0 Å². The minimum atomic E-state index is 0.00172. The predicted molar refractivity (Wildman–Crippen MR) is 88.9 cm³/mol. The van der Waals surface area contributed by atoms with Crippen LogP contribution in [0.25, 0.3) is 0 Å². The smallest absolute Gasteiger partial charge is 0.234 e. The lowest BCUT2D eigenvalue weighted by atomic mass is 9.98. The molecule has 0 fully saturated rings. The van der Waals surface area contributed by atoms with Crippen molar-refractivity contribution in [1.82, 2.24) is 4.98 Å². The number of pyridine rings is 1. The van der Waals surface area contributed by atoms with Crippen molar-refractivity contribution in [2.45, 2.75) is 31.7 Å². The highest BCUT2D eigenvalue weighted by Gasteiger charge is 2.12. The van der Waals surface area contributed by atoms with E-state index in [1.807, 2.05) is 37.3 Å². The number of thioether (sulfide) groups is 1. The molecule has 0 spiro atoms. The second kappa shape index (κ2) is 7.27. The van der Waals surface area contributed by atoms with Crippen LogP contribution in [0.4, 0.5) is 5.69 Å². The van der Waals surface area contributed by atoms with Crippen LogP contribution in [0.1, 0.15) is 30.9 Å². The topological polar surface area (TPSA) is 42.0 Å². The molecular weight excluding hydrogens is 280 g/mol. The molecule has 3 nitrogen and oxygen atoms in total. The van der Waals surface area contributed by atoms with Gasteiger partial charge in [-0.15, -0.1) is 0 Å². The van der Waals surface area contributed by atoms with Crippen molar-refractivity contribution in [3.8, 4) is 0 Å². The maximum Gasteiger partial charge on any atom is 0.234 e. The van der Waals surface area contributed by atoms with E-state index in [1.54, 1.807) is 6.20 Å². The lowest BCUT2D eigenvalue weighted by molar-refractivity contribution is -0.113. The highest BCUT2D eigenvalue weighted by Crippen LogP contribution is 2.27. The van der Waals surface area contributed by atoms with Gasteiger partial charge in [0.1, 0.15) is 0 Å². The molecule has 1 N–H and O–H groups in total. The molecule has 2 rings (SSSR count). The number of nitrogens with zero attached hydrogens (tertiary/aromatic N) is 1. The average molecular weight is 300 g/mol. The number of amides is 1. The molecule has 0 aliphatic rings. The van der Waals surface area contributed by atoms with Crippen LogP contribution in [0, 0.1) is 6.92 Å². The number of nitrogens with one attached hydrogen (secondary N) is 1. The molecule has 0 bridgehead atoms. The molecule has 0 saturated carbocycles. The summed E-state index contributed by atoms with van der Waals surface area (Å²) in [5.41, 5.74) is 3.21. The zero-order chi connectivity index (χ0) is 15.2. The van der Waals surface area contributed by atoms with Crippen molar-refractivity contribution in [2.75, 3.05) is 11.1 Å². The van der Waals surface area contributed by atoms with Crippen LogP contribution in [0.3, 0.4) is 0 Å². The standard InChI is InChI=1S/C17H20N2OS/c1-12(2)14-8-6-7-13(3)17(14)19-15(20)11-21-16-9-4-5-10-18-16/h4-10,12H,11H2,1-3H3,(H,19,20). The number of aryl methyl sites for hydroxylation is 1. The maximum absolute atomic E-state index is 12.2. The summed E-state index contributed by atoms with van der Waals surface area (Å²) in [6.45, 7) is 6.29. The molecule has 21 heavy (non-hydrogen) atoms. The van der Waals surface area contributed by atoms with Crippen molar-refractivity contribution < 1.29 is 4.79 Å². The zero-order valence-electron chi connectivity index (χ0n) is 12.6. The third kappa shape index (κ3) is 4.33. The van der Waals surface area contributed by atoms with Crippen molar-refractivity contribution >= 4 is 23.4 Å². The van der Waals surface area contributed by atoms with Gasteiger partial charge in [0, 0.05) is 11.9 Å². The Balaban J connectivity index is 2.03. The van der Waals surface area contributed by atoms with Gasteiger partial charge >= 0.3 is 0 Å². The van der Waals surface area contributed by atoms with Gasteiger partial charge < -0.3 is 5.32 Å². The van der Waals surface area contributed by atoms with E-state index >= 15 is 0 Å². The number of benzene rings is 1. The van der Waals surface area contributed by atoms with Crippen LogP contribution in [-0.4, -0.2) is 16.6 Å². The quantitative estimate of drug-likeness (QED) is 0.840. The number of para-hydroxylation sites is 1. The number of anilines is 1. The van der Waals surface area contributed by atoms with Gasteiger partial charge in [0.25, 0.3) is 0 Å². The highest BCUT2D eigenvalue weighted by molar-refractivity contribution is 7.99. The fourth-order valence-corrected chi connectivity index (χ4v) is 2.75. The Kier molecular flexibility index (Phi) is 5.39. The third-order valence-electron chi connectivity index (χ3n) is 3.18. The summed E-state index contributed by atoms with van der Waals surface area (Å²) in [6.07, 6.45) is 1.73. The Bertz CT molecular complexity index is 611. The first kappa shape index (κ1) is 15.6. The van der Waals surface area contributed by atoms with E-state index < -0.39 is 0 Å². The minimum absolute atomic E-state index is 0.00172. The summed E-state index contributed by atoms with van der Waals surface area (Å²) < 4.78 is 0. The van der Waals surface area contributed by atoms with Gasteiger partial charge in [-0.05, 0) is 36.1 Å². The first-order chi connectivity index (χ1) is 10.1. The largest absolute Gasteiger partial charge is 0.325 e. The molecule has 0 unspecified atom stereocenters. The van der Waals surface area contributed by atoms with Gasteiger partial charge in [0.05, 0.1) is 10.8 Å². The second-order valence-electron chi connectivity index (χ2n) is 5.20. The van der Waals surface area contributed by atoms with Crippen molar-refractivity contribution in [3.05, 3.63) is 53.7 Å². The van der Waals surface area contributed by atoms with E-state index in [1.165, 1.54) is 17.3 Å². The van der Waals surface area contributed by atoms with Crippen LogP contribution in [-0.2, 0) is 4.79 Å². The minimum Gasteiger partial charge on any atom is -0.325 e. The summed E-state index contributed by atoms with van der Waals surface area (Å²) in [6, 6.07) is 11.8. The number of aromatic nitrogens is 1. The van der Waals surface area contributed by atoms with E-state index in [9.17, 15) is 4.79 Å². The van der Waals surface area contributed by atoms with E-state index in [0.29, 0.717) is 11.7 Å². The third-order valence-corrected chi connectivity index (χ3v) is 4.12. The van der Waals surface area contributed by atoms with E-state index in [4.69, 9.17) is 0 Å². The molecule has 0 aliphatic heterocycles. The Hall–Kier alpha value is -1.81. The Morgan fingerprint density at radius 1 is 1.24 bits per heavy atom. The molecule has 0 aliphatic carbocycles. The van der Waals surface area contributed by atoms with Gasteiger partial charge in [0.15, 0.2) is 0 Å². The molecule has 2 aromatic rings. The van der Waals surface area contributed by atoms with Crippen LogP contribution in [0.15, 0.2) is 47.6 Å². The summed E-state index contributed by atoms with van der Waals surface area (Å²) in [5.74, 6) is 0.744. The number of rotatable bonds is 5. The molecule has 1 heterocycles. The Morgan fingerprint density at radius 2 is 2.05 bits per heavy atom. The first-order valence-corrected chi connectivity index (χ1v) is 7.99. The van der Waals surface area contributed by atoms with Crippen LogP contribution in [0.5, 0.6) is 0 Å². The lowest BCUT2D eigenvalue weighted by Gasteiger charge is -2.16. The summed E-state index contributed by atoms with van der Waals surface area (Å²) in [5, 5.41) is 3.91. The predicted octanol–water partition coefficient (Wildman–Crippen LogP) is 4.24. The van der Waals surface area contributed by atoms with Gasteiger partial charge in [-0.1, -0.05) is 49.9 Å². The highest BCUT2D eigenvalue weighted by atomic mass is 32.2. The molecule has 1 aromatic carbocycles. The molecule has 0 atom stereocenters. The molecule has 0 radical (unpaired) electrons. The summed E-state index contributed by atoms with van der Waals surface area (Å²) in [7, 11) is 0. The Labute approximate surface area is 130 Å². The lowest BCUT2D eigenvalue weighted by Crippen LogP contribution is -2.16. The number of hydrogen-bond acceptors (Lipinski definition) is 3. The molecule has 1 aromatic heterocycles. The number of carbonyl (C=O) groups is 1. The van der Waals surface area contributed by atoms with E-state index in [2.05, 4.69) is 30.2 Å². The monoisotopic (exact) mass is 300 g/mol. The zero-order valence-corrected chi connectivity index (χ0v) is 13.4. The fourth-order valence-electron chi connectivity index (χ4n) is 2.09. The molecule has 110 valence electrons. The van der Waals surface area contributed by atoms with Crippen LogP contribution >= 0.6 is 11.8 Å². The van der Waals surface area contributed by atoms with Gasteiger partial charge in [0.2, 0.25) is 5.91 Å². The average Bonchev–Trinajstić information content (AvgIpc) is 2.48. The molecule has 4 heteroatoms. The summed E-state index contributed by atoms with van der Waals surface area (Å²) >= 11 is 1.44. The van der Waals surface area contributed by atoms with E-state index in [-0.39, 0.29) is 5.91 Å². The normalized spacial score (nSPS) is 10.7.